The molecule has 0 radical (unpaired) electrons. The molecule has 2 aromatic rings. The molecule has 1 amide bonds. The molecule has 0 unspecified atom stereocenters. The number of hydrogen-bond acceptors (Lipinski definition) is 3. The highest BCUT2D eigenvalue weighted by molar-refractivity contribution is 9.10. The number of benzene rings is 2. The van der Waals surface area contributed by atoms with Gasteiger partial charge in [0.15, 0.2) is 11.4 Å². The quantitative estimate of drug-likeness (QED) is 0.823. The molecule has 0 aromatic heterocycles. The van der Waals surface area contributed by atoms with Gasteiger partial charge in [0.2, 0.25) is 0 Å². The number of carbonyl (C=O) groups is 2. The summed E-state index contributed by atoms with van der Waals surface area (Å²) in [6.45, 7) is 0. The van der Waals surface area contributed by atoms with Crippen LogP contribution in [0, 0.1) is 5.82 Å². The summed E-state index contributed by atoms with van der Waals surface area (Å²) in [4.78, 5) is 24.4. The van der Waals surface area contributed by atoms with Crippen molar-refractivity contribution in [2.75, 3.05) is 5.32 Å². The standard InChI is InChI=1S/C16H11BrFNO3/c17-10-3-1-9(2-4-10)14(20)8-16(22)12-7-11(18)5-6-13(12)19-15(16)21/h1-7,22H,8H2,(H,19,21)/t16-/m1/s1. The van der Waals surface area contributed by atoms with E-state index in [2.05, 4.69) is 21.2 Å². The SMILES string of the molecule is O=C(C[C@]1(O)C(=O)Nc2ccc(F)cc21)c1ccc(Br)cc1. The Kier molecular flexibility index (Phi) is 3.58. The largest absolute Gasteiger partial charge is 0.375 e. The highest BCUT2D eigenvalue weighted by Gasteiger charge is 2.47. The van der Waals surface area contributed by atoms with Crippen LogP contribution in [0.3, 0.4) is 0 Å². The van der Waals surface area contributed by atoms with Gasteiger partial charge < -0.3 is 10.4 Å². The van der Waals surface area contributed by atoms with E-state index in [4.69, 9.17) is 0 Å². The summed E-state index contributed by atoms with van der Waals surface area (Å²) < 4.78 is 14.2. The van der Waals surface area contributed by atoms with Crippen LogP contribution in [0.15, 0.2) is 46.9 Å². The van der Waals surface area contributed by atoms with Gasteiger partial charge in [-0.1, -0.05) is 28.1 Å². The smallest absolute Gasteiger partial charge is 0.261 e. The van der Waals surface area contributed by atoms with Crippen molar-refractivity contribution in [1.29, 1.82) is 0 Å². The van der Waals surface area contributed by atoms with Crippen LogP contribution in [0.25, 0.3) is 0 Å². The highest BCUT2D eigenvalue weighted by atomic mass is 79.9. The van der Waals surface area contributed by atoms with E-state index in [0.717, 1.165) is 10.5 Å². The Morgan fingerprint density at radius 3 is 2.59 bits per heavy atom. The molecule has 112 valence electrons. The molecule has 0 fully saturated rings. The maximum atomic E-state index is 13.4. The minimum Gasteiger partial charge on any atom is -0.375 e. The summed E-state index contributed by atoms with van der Waals surface area (Å²) in [5.74, 6) is -1.70. The Hall–Kier alpha value is -2.05. The molecule has 0 aliphatic carbocycles. The lowest BCUT2D eigenvalue weighted by atomic mass is 9.88. The Bertz CT molecular complexity index is 775. The van der Waals surface area contributed by atoms with E-state index in [1.165, 1.54) is 12.1 Å². The van der Waals surface area contributed by atoms with Gasteiger partial charge in [-0.05, 0) is 30.3 Å². The van der Waals surface area contributed by atoms with E-state index in [1.54, 1.807) is 24.3 Å². The van der Waals surface area contributed by atoms with Gasteiger partial charge in [0, 0.05) is 21.3 Å². The molecule has 2 N–H and O–H groups in total. The van der Waals surface area contributed by atoms with Crippen molar-refractivity contribution in [3.05, 3.63) is 63.9 Å². The van der Waals surface area contributed by atoms with Gasteiger partial charge in [0.25, 0.3) is 5.91 Å². The number of nitrogens with one attached hydrogen (secondary N) is 1. The monoisotopic (exact) mass is 363 g/mol. The van der Waals surface area contributed by atoms with Crippen LogP contribution >= 0.6 is 15.9 Å². The number of halogens is 2. The molecule has 6 heteroatoms. The zero-order valence-corrected chi connectivity index (χ0v) is 12.9. The van der Waals surface area contributed by atoms with Gasteiger partial charge in [0.1, 0.15) is 5.82 Å². The second-order valence-corrected chi connectivity index (χ2v) is 6.03. The number of hydrogen-bond donors (Lipinski definition) is 2. The van der Waals surface area contributed by atoms with Crippen LogP contribution in [0.4, 0.5) is 10.1 Å². The van der Waals surface area contributed by atoms with Crippen LogP contribution in [-0.4, -0.2) is 16.8 Å². The lowest BCUT2D eigenvalue weighted by Crippen LogP contribution is -2.36. The summed E-state index contributed by atoms with van der Waals surface area (Å²) in [5.41, 5.74) is -1.28. The first-order valence-corrected chi connectivity index (χ1v) is 7.32. The van der Waals surface area contributed by atoms with Crippen molar-refractivity contribution in [1.82, 2.24) is 0 Å². The molecule has 1 aliphatic heterocycles. The van der Waals surface area contributed by atoms with Gasteiger partial charge in [0.05, 0.1) is 6.42 Å². The van der Waals surface area contributed by atoms with Gasteiger partial charge >= 0.3 is 0 Å². The number of rotatable bonds is 3. The van der Waals surface area contributed by atoms with E-state index >= 15 is 0 Å². The van der Waals surface area contributed by atoms with Crippen LogP contribution < -0.4 is 5.32 Å². The first kappa shape index (κ1) is 14.9. The van der Waals surface area contributed by atoms with Crippen molar-refractivity contribution in [2.24, 2.45) is 0 Å². The van der Waals surface area contributed by atoms with E-state index < -0.39 is 29.5 Å². The van der Waals surface area contributed by atoms with Crippen molar-refractivity contribution in [3.8, 4) is 0 Å². The average molecular weight is 364 g/mol. The van der Waals surface area contributed by atoms with Crippen LogP contribution in [0.5, 0.6) is 0 Å². The fraction of sp³-hybridized carbons (Fsp3) is 0.125. The molecular weight excluding hydrogens is 353 g/mol. The van der Waals surface area contributed by atoms with E-state index in [0.29, 0.717) is 11.3 Å². The Morgan fingerprint density at radius 1 is 1.23 bits per heavy atom. The van der Waals surface area contributed by atoms with Gasteiger partial charge in [-0.25, -0.2) is 4.39 Å². The summed E-state index contributed by atoms with van der Waals surface area (Å²) >= 11 is 3.27. The van der Waals surface area contributed by atoms with Crippen molar-refractivity contribution >= 4 is 33.3 Å². The number of aliphatic hydroxyl groups is 1. The van der Waals surface area contributed by atoms with E-state index in [1.807, 2.05) is 0 Å². The summed E-state index contributed by atoms with van der Waals surface area (Å²) in [6.07, 6.45) is -0.448. The van der Waals surface area contributed by atoms with Crippen molar-refractivity contribution in [3.63, 3.8) is 0 Å². The normalized spacial score (nSPS) is 19.7. The molecular formula is C16H11BrFNO3. The first-order chi connectivity index (χ1) is 10.4. The Labute approximate surface area is 134 Å². The minimum absolute atomic E-state index is 0.0861. The molecule has 1 heterocycles. The van der Waals surface area contributed by atoms with Crippen LogP contribution in [0.2, 0.25) is 0 Å². The lowest BCUT2D eigenvalue weighted by molar-refractivity contribution is -0.133. The molecule has 22 heavy (non-hydrogen) atoms. The van der Waals surface area contributed by atoms with E-state index in [9.17, 15) is 19.1 Å². The van der Waals surface area contributed by atoms with Gasteiger partial charge in [-0.3, -0.25) is 9.59 Å². The predicted molar refractivity (Wildman–Crippen MR) is 82.0 cm³/mol. The fourth-order valence-corrected chi connectivity index (χ4v) is 2.73. The number of amides is 1. The van der Waals surface area contributed by atoms with Crippen molar-refractivity contribution in [2.45, 2.75) is 12.0 Å². The third-order valence-corrected chi connectivity index (χ3v) is 4.16. The number of Topliss-reactive ketones (excluding diaryl/α,β-unsaturated/α-hetero) is 1. The third kappa shape index (κ3) is 2.44. The average Bonchev–Trinajstić information content (AvgIpc) is 2.71. The summed E-state index contributed by atoms with van der Waals surface area (Å²) in [7, 11) is 0. The molecule has 1 atom stereocenters. The minimum atomic E-state index is -2.05. The molecule has 2 aromatic carbocycles. The predicted octanol–water partition coefficient (Wildman–Crippen LogP) is 3.00. The highest BCUT2D eigenvalue weighted by Crippen LogP contribution is 2.39. The molecule has 0 bridgehead atoms. The van der Waals surface area contributed by atoms with Crippen LogP contribution in [-0.2, 0) is 10.4 Å². The maximum absolute atomic E-state index is 13.4. The summed E-state index contributed by atoms with van der Waals surface area (Å²) in [5, 5.41) is 13.1. The second kappa shape index (κ2) is 5.30. The molecule has 0 saturated carbocycles. The Balaban J connectivity index is 1.94. The zero-order valence-electron chi connectivity index (χ0n) is 11.3. The molecule has 3 rings (SSSR count). The van der Waals surface area contributed by atoms with Gasteiger partial charge in [-0.15, -0.1) is 0 Å². The molecule has 0 saturated heterocycles. The number of fused-ring (bicyclic) bond motifs is 1. The Morgan fingerprint density at radius 2 is 1.91 bits per heavy atom. The molecule has 0 spiro atoms. The summed E-state index contributed by atoms with van der Waals surface area (Å²) in [6, 6.07) is 10.2. The number of anilines is 1. The molecule has 1 aliphatic rings. The third-order valence-electron chi connectivity index (χ3n) is 3.63. The molecule has 4 nitrogen and oxygen atoms in total. The lowest BCUT2D eigenvalue weighted by Gasteiger charge is -2.20. The van der Waals surface area contributed by atoms with Crippen LogP contribution in [0.1, 0.15) is 22.3 Å². The fourth-order valence-electron chi connectivity index (χ4n) is 2.46. The van der Waals surface area contributed by atoms with E-state index in [-0.39, 0.29) is 5.56 Å². The maximum Gasteiger partial charge on any atom is 0.261 e. The number of carbonyl (C=O) groups excluding carboxylic acids is 2. The van der Waals surface area contributed by atoms with Crippen molar-refractivity contribution < 1.29 is 19.1 Å². The topological polar surface area (TPSA) is 66.4 Å². The zero-order chi connectivity index (χ0) is 15.9. The number of ketones is 1. The second-order valence-electron chi connectivity index (χ2n) is 5.11. The van der Waals surface area contributed by atoms with Gasteiger partial charge in [-0.2, -0.15) is 0 Å². The first-order valence-electron chi connectivity index (χ1n) is 6.53.